The van der Waals surface area contributed by atoms with Crippen molar-refractivity contribution in [3.05, 3.63) is 34.1 Å². The third-order valence-electron chi connectivity index (χ3n) is 3.36. The average Bonchev–Trinajstić information content (AvgIpc) is 2.37. The van der Waals surface area contributed by atoms with E-state index < -0.39 is 21.7 Å². The molecule has 2 rings (SSSR count). The molecule has 1 saturated heterocycles. The molecule has 1 aliphatic heterocycles. The van der Waals surface area contributed by atoms with Crippen LogP contribution in [0.4, 0.5) is 4.39 Å². The summed E-state index contributed by atoms with van der Waals surface area (Å²) in [4.78, 5) is 12.1. The van der Waals surface area contributed by atoms with Gasteiger partial charge >= 0.3 is 0 Å². The topological polar surface area (TPSA) is 66.5 Å². The van der Waals surface area contributed by atoms with E-state index in [1.807, 2.05) is 0 Å². The number of sulfonamides is 1. The van der Waals surface area contributed by atoms with Gasteiger partial charge in [-0.05, 0) is 31.0 Å². The van der Waals surface area contributed by atoms with Gasteiger partial charge in [-0.3, -0.25) is 4.79 Å². The van der Waals surface area contributed by atoms with Gasteiger partial charge in [-0.25, -0.2) is 17.1 Å². The van der Waals surface area contributed by atoms with Crippen LogP contribution in [-0.4, -0.2) is 44.0 Å². The lowest BCUT2D eigenvalue weighted by Gasteiger charge is -2.31. The van der Waals surface area contributed by atoms with E-state index >= 15 is 0 Å². The second kappa shape index (κ2) is 6.41. The second-order valence-corrected chi connectivity index (χ2v) is 7.96. The van der Waals surface area contributed by atoms with Gasteiger partial charge in [0.1, 0.15) is 5.82 Å². The van der Waals surface area contributed by atoms with E-state index in [4.69, 9.17) is 0 Å². The Morgan fingerprint density at radius 3 is 2.81 bits per heavy atom. The standard InChI is InChI=1S/C13H16BrFN2O3S/c1-21(19,20)17-6-2-3-10(8-17)16-13(18)11-5-4-9(14)7-12(11)15/h4-5,7,10H,2-3,6,8H2,1H3,(H,16,18). The van der Waals surface area contributed by atoms with Gasteiger partial charge in [-0.15, -0.1) is 0 Å². The number of rotatable bonds is 3. The molecule has 1 unspecified atom stereocenters. The van der Waals surface area contributed by atoms with E-state index in [0.29, 0.717) is 23.9 Å². The van der Waals surface area contributed by atoms with Crippen molar-refractivity contribution < 1.29 is 17.6 Å². The third kappa shape index (κ3) is 4.24. The molecule has 116 valence electrons. The van der Waals surface area contributed by atoms with Crippen LogP contribution in [-0.2, 0) is 10.0 Å². The fourth-order valence-electron chi connectivity index (χ4n) is 2.30. The third-order valence-corrected chi connectivity index (χ3v) is 5.13. The normalized spacial score (nSPS) is 20.2. The Morgan fingerprint density at radius 1 is 1.48 bits per heavy atom. The maximum absolute atomic E-state index is 13.7. The van der Waals surface area contributed by atoms with Gasteiger partial charge in [0.05, 0.1) is 11.8 Å². The van der Waals surface area contributed by atoms with Gasteiger partial charge in [0.15, 0.2) is 0 Å². The van der Waals surface area contributed by atoms with Crippen LogP contribution < -0.4 is 5.32 Å². The Labute approximate surface area is 131 Å². The van der Waals surface area contributed by atoms with Gasteiger partial charge in [0.2, 0.25) is 10.0 Å². The summed E-state index contributed by atoms with van der Waals surface area (Å²) in [5, 5.41) is 2.70. The minimum Gasteiger partial charge on any atom is -0.348 e. The highest BCUT2D eigenvalue weighted by Gasteiger charge is 2.27. The fraction of sp³-hybridized carbons (Fsp3) is 0.462. The molecule has 1 heterocycles. The van der Waals surface area contributed by atoms with E-state index in [2.05, 4.69) is 21.2 Å². The minimum absolute atomic E-state index is 0.0466. The fourth-order valence-corrected chi connectivity index (χ4v) is 3.54. The van der Waals surface area contributed by atoms with Gasteiger partial charge in [-0.1, -0.05) is 15.9 Å². The summed E-state index contributed by atoms with van der Waals surface area (Å²) in [5.74, 6) is -1.14. The molecule has 0 aliphatic carbocycles. The van der Waals surface area contributed by atoms with E-state index in [-0.39, 0.29) is 18.2 Å². The van der Waals surface area contributed by atoms with Crippen LogP contribution in [0.2, 0.25) is 0 Å². The molecule has 0 bridgehead atoms. The van der Waals surface area contributed by atoms with Crippen molar-refractivity contribution in [1.82, 2.24) is 9.62 Å². The summed E-state index contributed by atoms with van der Waals surface area (Å²) in [6.45, 7) is 0.681. The van der Waals surface area contributed by atoms with Crippen LogP contribution in [0.25, 0.3) is 0 Å². The number of piperidine rings is 1. The Balaban J connectivity index is 2.05. The van der Waals surface area contributed by atoms with Crippen molar-refractivity contribution in [2.24, 2.45) is 0 Å². The number of hydrogen-bond donors (Lipinski definition) is 1. The first-order valence-electron chi connectivity index (χ1n) is 6.48. The largest absolute Gasteiger partial charge is 0.348 e. The quantitative estimate of drug-likeness (QED) is 0.870. The predicted molar refractivity (Wildman–Crippen MR) is 81.0 cm³/mol. The maximum Gasteiger partial charge on any atom is 0.254 e. The van der Waals surface area contributed by atoms with E-state index in [1.54, 1.807) is 6.07 Å². The number of carbonyl (C=O) groups excluding carboxylic acids is 1. The molecule has 1 aliphatic rings. The van der Waals surface area contributed by atoms with Crippen molar-refractivity contribution in [2.75, 3.05) is 19.3 Å². The molecular formula is C13H16BrFN2O3S. The van der Waals surface area contributed by atoms with Gasteiger partial charge in [0.25, 0.3) is 5.91 Å². The molecule has 1 aromatic carbocycles. The zero-order valence-electron chi connectivity index (χ0n) is 11.5. The Morgan fingerprint density at radius 2 is 2.19 bits per heavy atom. The van der Waals surface area contributed by atoms with Crippen LogP contribution in [0.3, 0.4) is 0 Å². The molecule has 1 N–H and O–H groups in total. The van der Waals surface area contributed by atoms with Crippen LogP contribution >= 0.6 is 15.9 Å². The molecule has 21 heavy (non-hydrogen) atoms. The highest BCUT2D eigenvalue weighted by Crippen LogP contribution is 2.17. The van der Waals surface area contributed by atoms with Crippen LogP contribution in [0.5, 0.6) is 0 Å². The van der Waals surface area contributed by atoms with Crippen LogP contribution in [0.1, 0.15) is 23.2 Å². The smallest absolute Gasteiger partial charge is 0.254 e. The molecule has 8 heteroatoms. The Hall–Kier alpha value is -0.990. The molecule has 1 fully saturated rings. The molecule has 0 aromatic heterocycles. The monoisotopic (exact) mass is 378 g/mol. The Bertz CT molecular complexity index is 651. The summed E-state index contributed by atoms with van der Waals surface area (Å²) in [6, 6.07) is 3.90. The maximum atomic E-state index is 13.7. The summed E-state index contributed by atoms with van der Waals surface area (Å²) < 4.78 is 38.7. The first-order valence-corrected chi connectivity index (χ1v) is 9.12. The Kier molecular flexibility index (Phi) is 5.00. The van der Waals surface area contributed by atoms with E-state index in [1.165, 1.54) is 16.4 Å². The van der Waals surface area contributed by atoms with Crippen LogP contribution in [0.15, 0.2) is 22.7 Å². The number of nitrogens with zero attached hydrogens (tertiary/aromatic N) is 1. The predicted octanol–water partition coefficient (Wildman–Crippen LogP) is 1.74. The molecule has 0 spiro atoms. The van der Waals surface area contributed by atoms with Crippen molar-refractivity contribution in [3.8, 4) is 0 Å². The summed E-state index contributed by atoms with van der Waals surface area (Å²) in [7, 11) is -3.27. The van der Waals surface area contributed by atoms with Gasteiger partial charge in [0, 0.05) is 23.6 Å². The average molecular weight is 379 g/mol. The van der Waals surface area contributed by atoms with Crippen molar-refractivity contribution >= 4 is 31.9 Å². The molecular weight excluding hydrogens is 363 g/mol. The molecule has 1 aromatic rings. The SMILES string of the molecule is CS(=O)(=O)N1CCCC(NC(=O)c2ccc(Br)cc2F)C1. The first-order chi connectivity index (χ1) is 9.77. The summed E-state index contributed by atoms with van der Waals surface area (Å²) in [5.41, 5.74) is -0.0466. The van der Waals surface area contributed by atoms with Gasteiger partial charge < -0.3 is 5.32 Å². The lowest BCUT2D eigenvalue weighted by molar-refractivity contribution is 0.0917. The molecule has 1 atom stereocenters. The number of halogens is 2. The van der Waals surface area contributed by atoms with E-state index in [9.17, 15) is 17.6 Å². The van der Waals surface area contributed by atoms with E-state index in [0.717, 1.165) is 6.26 Å². The van der Waals surface area contributed by atoms with Crippen molar-refractivity contribution in [2.45, 2.75) is 18.9 Å². The zero-order valence-corrected chi connectivity index (χ0v) is 13.9. The first kappa shape index (κ1) is 16.4. The highest BCUT2D eigenvalue weighted by molar-refractivity contribution is 9.10. The summed E-state index contributed by atoms with van der Waals surface area (Å²) in [6.07, 6.45) is 2.49. The molecule has 5 nitrogen and oxygen atoms in total. The summed E-state index contributed by atoms with van der Waals surface area (Å²) >= 11 is 3.13. The molecule has 0 radical (unpaired) electrons. The number of carbonyl (C=O) groups is 1. The highest BCUT2D eigenvalue weighted by atomic mass is 79.9. The van der Waals surface area contributed by atoms with Crippen LogP contribution in [0, 0.1) is 5.82 Å². The zero-order chi connectivity index (χ0) is 15.6. The van der Waals surface area contributed by atoms with Crippen molar-refractivity contribution in [1.29, 1.82) is 0 Å². The minimum atomic E-state index is -3.27. The number of nitrogens with one attached hydrogen (secondary N) is 1. The second-order valence-electron chi connectivity index (χ2n) is 5.06. The molecule has 1 amide bonds. The van der Waals surface area contributed by atoms with Crippen molar-refractivity contribution in [3.63, 3.8) is 0 Å². The number of hydrogen-bond acceptors (Lipinski definition) is 3. The van der Waals surface area contributed by atoms with Gasteiger partial charge in [-0.2, -0.15) is 0 Å². The lowest BCUT2D eigenvalue weighted by atomic mass is 10.1. The number of benzene rings is 1. The lowest BCUT2D eigenvalue weighted by Crippen LogP contribution is -2.49. The number of amides is 1. The molecule has 0 saturated carbocycles.